The number of hydrogen-bond donors (Lipinski definition) is 1. The van der Waals surface area contributed by atoms with Crippen LogP contribution >= 0.6 is 0 Å². The Morgan fingerprint density at radius 2 is 2.22 bits per heavy atom. The van der Waals surface area contributed by atoms with Gasteiger partial charge in [-0.1, -0.05) is 12.1 Å². The summed E-state index contributed by atoms with van der Waals surface area (Å²) in [6, 6.07) is 5.40. The minimum absolute atomic E-state index is 0.154. The maximum atomic E-state index is 13.9. The number of para-hydroxylation sites is 1. The lowest BCUT2D eigenvalue weighted by atomic mass is 10.0. The van der Waals surface area contributed by atoms with Crippen molar-refractivity contribution in [2.45, 2.75) is 25.8 Å². The van der Waals surface area contributed by atoms with Crippen molar-refractivity contribution in [1.29, 1.82) is 0 Å². The van der Waals surface area contributed by atoms with Crippen LogP contribution in [-0.2, 0) is 4.79 Å². The van der Waals surface area contributed by atoms with E-state index in [9.17, 15) is 14.0 Å². The fraction of sp³-hybridized carbons (Fsp3) is 0.312. The average Bonchev–Trinajstić information content (AvgIpc) is 2.96. The van der Waals surface area contributed by atoms with Crippen LogP contribution in [0.25, 0.3) is 0 Å². The normalized spacial score (nSPS) is 18.1. The zero-order valence-electron chi connectivity index (χ0n) is 12.6. The van der Waals surface area contributed by atoms with Crippen LogP contribution in [0.4, 0.5) is 10.1 Å². The summed E-state index contributed by atoms with van der Waals surface area (Å²) in [5.74, 6) is -0.863. The van der Waals surface area contributed by atoms with Gasteiger partial charge in [-0.2, -0.15) is 0 Å². The quantitative estimate of drug-likeness (QED) is 0.940. The fourth-order valence-electron chi connectivity index (χ4n) is 2.67. The Hall–Kier alpha value is -2.70. The molecule has 0 spiro atoms. The van der Waals surface area contributed by atoms with Crippen LogP contribution in [0, 0.1) is 12.7 Å². The zero-order valence-corrected chi connectivity index (χ0v) is 12.6. The molecule has 0 bridgehead atoms. The largest absolute Gasteiger partial charge is 0.448 e. The molecule has 2 amide bonds. The Kier molecular flexibility index (Phi) is 4.10. The van der Waals surface area contributed by atoms with Crippen molar-refractivity contribution in [3.63, 3.8) is 0 Å². The molecule has 2 aromatic rings. The summed E-state index contributed by atoms with van der Waals surface area (Å²) < 4.78 is 18.9. The molecule has 0 saturated carbocycles. The highest BCUT2D eigenvalue weighted by Gasteiger charge is 2.32. The zero-order chi connectivity index (χ0) is 16.4. The molecule has 1 saturated heterocycles. The molecule has 3 rings (SSSR count). The number of anilines is 1. The van der Waals surface area contributed by atoms with Crippen molar-refractivity contribution in [1.82, 2.24) is 10.3 Å². The van der Waals surface area contributed by atoms with E-state index in [2.05, 4.69) is 10.3 Å². The Morgan fingerprint density at radius 1 is 1.43 bits per heavy atom. The number of oxazole rings is 1. The first-order chi connectivity index (χ1) is 11.1. The van der Waals surface area contributed by atoms with E-state index in [1.807, 2.05) is 0 Å². The SMILES string of the molecule is Cc1ocnc1C(=O)NC1CCCN(c2ccccc2F)C1=O. The molecule has 1 N–H and O–H groups in total. The highest BCUT2D eigenvalue weighted by molar-refractivity contribution is 6.02. The van der Waals surface area contributed by atoms with Crippen molar-refractivity contribution in [2.24, 2.45) is 0 Å². The third kappa shape index (κ3) is 2.94. The predicted molar refractivity (Wildman–Crippen MR) is 80.5 cm³/mol. The molecule has 1 aromatic heterocycles. The molecule has 120 valence electrons. The summed E-state index contributed by atoms with van der Waals surface area (Å²) >= 11 is 0. The molecule has 23 heavy (non-hydrogen) atoms. The second-order valence-electron chi connectivity index (χ2n) is 5.37. The molecule has 1 aromatic carbocycles. The van der Waals surface area contributed by atoms with Gasteiger partial charge in [-0.15, -0.1) is 0 Å². The van der Waals surface area contributed by atoms with Crippen LogP contribution in [0.3, 0.4) is 0 Å². The second kappa shape index (κ2) is 6.20. The average molecular weight is 317 g/mol. The summed E-state index contributed by atoms with van der Waals surface area (Å²) in [6.07, 6.45) is 2.35. The van der Waals surface area contributed by atoms with Gasteiger partial charge in [0.25, 0.3) is 5.91 Å². The Labute approximate surface area is 132 Å². The third-order valence-electron chi connectivity index (χ3n) is 3.85. The molecule has 1 aliphatic heterocycles. The van der Waals surface area contributed by atoms with Gasteiger partial charge in [0.1, 0.15) is 17.6 Å². The van der Waals surface area contributed by atoms with Crippen LogP contribution < -0.4 is 10.2 Å². The highest BCUT2D eigenvalue weighted by atomic mass is 19.1. The molecule has 2 heterocycles. The second-order valence-corrected chi connectivity index (χ2v) is 5.37. The van der Waals surface area contributed by atoms with Gasteiger partial charge in [-0.3, -0.25) is 9.59 Å². The maximum absolute atomic E-state index is 13.9. The molecule has 1 fully saturated rings. The molecule has 0 radical (unpaired) electrons. The maximum Gasteiger partial charge on any atom is 0.274 e. The van der Waals surface area contributed by atoms with Gasteiger partial charge in [0.2, 0.25) is 5.91 Å². The Balaban J connectivity index is 1.77. The number of hydrogen-bond acceptors (Lipinski definition) is 4. The molecule has 0 aliphatic carbocycles. The van der Waals surface area contributed by atoms with Crippen molar-refractivity contribution in [2.75, 3.05) is 11.4 Å². The van der Waals surface area contributed by atoms with Crippen molar-refractivity contribution >= 4 is 17.5 Å². The monoisotopic (exact) mass is 317 g/mol. The van der Waals surface area contributed by atoms with Crippen LogP contribution in [0.1, 0.15) is 29.1 Å². The first-order valence-electron chi connectivity index (χ1n) is 7.35. The number of piperidine rings is 1. The number of rotatable bonds is 3. The van der Waals surface area contributed by atoms with Crippen molar-refractivity contribution < 1.29 is 18.4 Å². The number of aryl methyl sites for hydroxylation is 1. The van der Waals surface area contributed by atoms with E-state index in [0.717, 1.165) is 0 Å². The van der Waals surface area contributed by atoms with Crippen LogP contribution in [0.5, 0.6) is 0 Å². The van der Waals surface area contributed by atoms with E-state index < -0.39 is 17.8 Å². The first kappa shape index (κ1) is 15.2. The van der Waals surface area contributed by atoms with Gasteiger partial charge in [0, 0.05) is 6.54 Å². The third-order valence-corrected chi connectivity index (χ3v) is 3.85. The number of carbonyl (C=O) groups excluding carboxylic acids is 2. The minimum Gasteiger partial charge on any atom is -0.448 e. The van der Waals surface area contributed by atoms with E-state index in [1.165, 1.54) is 17.4 Å². The summed E-state index contributed by atoms with van der Waals surface area (Å²) in [5.41, 5.74) is 0.384. The van der Waals surface area contributed by atoms with Gasteiger partial charge in [-0.25, -0.2) is 9.37 Å². The summed E-state index contributed by atoms with van der Waals surface area (Å²) in [6.45, 7) is 2.05. The van der Waals surface area contributed by atoms with Crippen LogP contribution in [0.15, 0.2) is 35.1 Å². The fourth-order valence-corrected chi connectivity index (χ4v) is 2.67. The lowest BCUT2D eigenvalue weighted by Gasteiger charge is -2.32. The summed E-state index contributed by atoms with van der Waals surface area (Å²) in [5, 5.41) is 2.66. The molecule has 1 atom stereocenters. The molecular formula is C16H16FN3O3. The van der Waals surface area contributed by atoms with Gasteiger partial charge >= 0.3 is 0 Å². The molecule has 1 unspecified atom stereocenters. The number of benzene rings is 1. The number of nitrogens with zero attached hydrogens (tertiary/aromatic N) is 2. The molecule has 1 aliphatic rings. The Bertz CT molecular complexity index is 744. The number of amides is 2. The van der Waals surface area contributed by atoms with E-state index in [0.29, 0.717) is 25.1 Å². The highest BCUT2D eigenvalue weighted by Crippen LogP contribution is 2.24. The number of aromatic nitrogens is 1. The van der Waals surface area contributed by atoms with Gasteiger partial charge in [0.05, 0.1) is 5.69 Å². The molecule has 6 nitrogen and oxygen atoms in total. The smallest absolute Gasteiger partial charge is 0.274 e. The minimum atomic E-state index is -0.702. The van der Waals surface area contributed by atoms with E-state index in [-0.39, 0.29) is 17.3 Å². The first-order valence-corrected chi connectivity index (χ1v) is 7.35. The van der Waals surface area contributed by atoms with Gasteiger partial charge in [-0.05, 0) is 31.9 Å². The summed E-state index contributed by atoms with van der Waals surface area (Å²) in [4.78, 5) is 29.9. The van der Waals surface area contributed by atoms with Crippen molar-refractivity contribution in [3.05, 3.63) is 47.9 Å². The topological polar surface area (TPSA) is 75.4 Å². The van der Waals surface area contributed by atoms with Crippen LogP contribution in [-0.4, -0.2) is 29.4 Å². The van der Waals surface area contributed by atoms with Gasteiger partial charge in [0.15, 0.2) is 12.1 Å². The number of carbonyl (C=O) groups is 2. The van der Waals surface area contributed by atoms with Gasteiger partial charge < -0.3 is 14.6 Å². The summed E-state index contributed by atoms with van der Waals surface area (Å²) in [7, 11) is 0. The number of nitrogens with one attached hydrogen (secondary N) is 1. The standard InChI is InChI=1S/C16H16FN3O3/c1-10-14(18-9-23-10)15(21)19-12-6-4-8-20(16(12)22)13-7-3-2-5-11(13)17/h2-3,5,7,9,12H,4,6,8H2,1H3,(H,19,21). The molecule has 7 heteroatoms. The van der Waals surface area contributed by atoms with E-state index >= 15 is 0 Å². The van der Waals surface area contributed by atoms with E-state index in [1.54, 1.807) is 25.1 Å². The van der Waals surface area contributed by atoms with Crippen molar-refractivity contribution in [3.8, 4) is 0 Å². The Morgan fingerprint density at radius 3 is 2.91 bits per heavy atom. The lowest BCUT2D eigenvalue weighted by Crippen LogP contribution is -2.52. The number of halogens is 1. The molecular weight excluding hydrogens is 301 g/mol. The van der Waals surface area contributed by atoms with E-state index in [4.69, 9.17) is 4.42 Å². The van der Waals surface area contributed by atoms with Crippen LogP contribution in [0.2, 0.25) is 0 Å². The predicted octanol–water partition coefficient (Wildman–Crippen LogP) is 2.05. The lowest BCUT2D eigenvalue weighted by molar-refractivity contribution is -0.121.